The Kier molecular flexibility index (Phi) is 8.00. The number of benzene rings is 2. The van der Waals surface area contributed by atoms with E-state index in [-0.39, 0.29) is 10.8 Å². The zero-order chi connectivity index (χ0) is 26.4. The van der Waals surface area contributed by atoms with Crippen molar-refractivity contribution >= 4 is 33.0 Å². The second-order valence-electron chi connectivity index (χ2n) is 8.14. The van der Waals surface area contributed by atoms with Crippen LogP contribution in [0.1, 0.15) is 11.1 Å². The minimum atomic E-state index is -3.99. The third-order valence-electron chi connectivity index (χ3n) is 5.33. The minimum Gasteiger partial charge on any atom is -0.497 e. The monoisotopic (exact) mass is 539 g/mol. The summed E-state index contributed by atoms with van der Waals surface area (Å²) >= 11 is 5.89. The lowest BCUT2D eigenvalue weighted by Crippen LogP contribution is -2.15. The fourth-order valence-corrected chi connectivity index (χ4v) is 4.90. The first kappa shape index (κ1) is 26.1. The number of sulfonamides is 1. The summed E-state index contributed by atoms with van der Waals surface area (Å²) in [4.78, 5) is 4.04. The lowest BCUT2D eigenvalue weighted by atomic mass is 10.2. The molecule has 0 saturated carbocycles. The maximum Gasteiger partial charge on any atom is 0.267 e. The second-order valence-corrected chi connectivity index (χ2v) is 10.2. The largest absolute Gasteiger partial charge is 0.497 e. The van der Waals surface area contributed by atoms with Gasteiger partial charge in [0.15, 0.2) is 4.90 Å². The van der Waals surface area contributed by atoms with Crippen molar-refractivity contribution in [2.45, 2.75) is 17.9 Å². The van der Waals surface area contributed by atoms with Gasteiger partial charge in [-0.1, -0.05) is 30.3 Å². The van der Waals surface area contributed by atoms with Gasteiger partial charge in [0.25, 0.3) is 10.0 Å². The molecule has 0 unspecified atom stereocenters. The molecule has 0 spiro atoms. The third-order valence-corrected chi connectivity index (χ3v) is 6.95. The number of halogens is 1. The molecular weight excluding hydrogens is 514 g/mol. The fraction of sp³-hybridized carbons (Fsp3) is 0.154. The molecule has 0 aliphatic heterocycles. The van der Waals surface area contributed by atoms with Crippen molar-refractivity contribution in [2.75, 3.05) is 24.3 Å². The van der Waals surface area contributed by atoms with Crippen LogP contribution in [0, 0.1) is 0 Å². The van der Waals surface area contributed by atoms with E-state index in [1.54, 1.807) is 37.6 Å². The van der Waals surface area contributed by atoms with Crippen molar-refractivity contribution in [3.05, 3.63) is 102 Å². The molecule has 0 fully saturated rings. The number of rotatable bonds is 11. The summed E-state index contributed by atoms with van der Waals surface area (Å²) in [7, 11) is -0.993. The smallest absolute Gasteiger partial charge is 0.267 e. The number of pyridine rings is 1. The molecule has 0 aliphatic rings. The molecule has 2 N–H and O–H groups in total. The molecule has 9 nitrogen and oxygen atoms in total. The molecule has 2 aromatic carbocycles. The van der Waals surface area contributed by atoms with E-state index in [1.165, 1.54) is 19.4 Å². The van der Waals surface area contributed by atoms with Gasteiger partial charge in [0.1, 0.15) is 5.75 Å². The number of hydrogen-bond donors (Lipinski definition) is 2. The molecule has 0 aliphatic carbocycles. The van der Waals surface area contributed by atoms with Crippen LogP contribution in [0.5, 0.6) is 11.6 Å². The Morgan fingerprint density at radius 1 is 1.00 bits per heavy atom. The van der Waals surface area contributed by atoms with Gasteiger partial charge in [0.2, 0.25) is 5.88 Å². The highest BCUT2D eigenvalue weighted by molar-refractivity contribution is 7.92. The SMILES string of the molecule is C=C(Cc1cnn(Cc2ccc(OC)cc2)c1)Nc1cnc(OC)c(S(=O)(=O)Nc2ccc(Cl)cc2)c1. The number of methoxy groups -OCH3 is 2. The standard InChI is InChI=1S/C26H26ClN5O4S/c1-18(12-20-14-29-32(17-20)16-19-4-10-24(35-2)11-5-19)30-23-13-25(26(36-3)28-15-23)37(33,34)31-22-8-6-21(27)7-9-22/h4-11,13-15,17,30-31H,1,12,16H2,2-3H3. The molecule has 37 heavy (non-hydrogen) atoms. The molecule has 0 atom stereocenters. The van der Waals surface area contributed by atoms with Crippen molar-refractivity contribution in [1.29, 1.82) is 0 Å². The molecule has 4 aromatic rings. The molecule has 0 bridgehead atoms. The van der Waals surface area contributed by atoms with E-state index in [4.69, 9.17) is 21.1 Å². The van der Waals surface area contributed by atoms with E-state index in [2.05, 4.69) is 26.7 Å². The lowest BCUT2D eigenvalue weighted by molar-refractivity contribution is 0.385. The van der Waals surface area contributed by atoms with Crippen LogP contribution in [0.4, 0.5) is 11.4 Å². The minimum absolute atomic E-state index is 0.0302. The van der Waals surface area contributed by atoms with E-state index in [9.17, 15) is 8.42 Å². The Morgan fingerprint density at radius 2 is 1.73 bits per heavy atom. The first-order valence-electron chi connectivity index (χ1n) is 11.2. The maximum atomic E-state index is 13.1. The van der Waals surface area contributed by atoms with Crippen LogP contribution < -0.4 is 19.5 Å². The van der Waals surface area contributed by atoms with Crippen molar-refractivity contribution in [2.24, 2.45) is 0 Å². The molecule has 2 aromatic heterocycles. The lowest BCUT2D eigenvalue weighted by Gasteiger charge is -2.14. The molecule has 192 valence electrons. The molecule has 0 radical (unpaired) electrons. The van der Waals surface area contributed by atoms with Crippen LogP contribution >= 0.6 is 11.6 Å². The first-order chi connectivity index (χ1) is 17.8. The Labute approximate surface area is 220 Å². The zero-order valence-corrected chi connectivity index (χ0v) is 21.9. The van der Waals surface area contributed by atoms with Crippen molar-refractivity contribution in [3.8, 4) is 11.6 Å². The summed E-state index contributed by atoms with van der Waals surface area (Å²) in [6.07, 6.45) is 5.68. The summed E-state index contributed by atoms with van der Waals surface area (Å²) in [5.41, 5.74) is 3.50. The molecule has 0 saturated heterocycles. The van der Waals surface area contributed by atoms with Gasteiger partial charge >= 0.3 is 0 Å². The third kappa shape index (κ3) is 6.81. The number of allylic oxidation sites excluding steroid dienone is 1. The van der Waals surface area contributed by atoms with E-state index in [0.29, 0.717) is 35.1 Å². The van der Waals surface area contributed by atoms with Gasteiger partial charge in [-0.2, -0.15) is 5.10 Å². The average molecular weight is 540 g/mol. The number of nitrogens with one attached hydrogen (secondary N) is 2. The van der Waals surface area contributed by atoms with E-state index in [1.807, 2.05) is 35.1 Å². The van der Waals surface area contributed by atoms with Gasteiger partial charge in [-0.3, -0.25) is 9.40 Å². The molecule has 0 amide bonds. The first-order valence-corrected chi connectivity index (χ1v) is 13.0. The Hall–Kier alpha value is -4.02. The van der Waals surface area contributed by atoms with Gasteiger partial charge < -0.3 is 14.8 Å². The summed E-state index contributed by atoms with van der Waals surface area (Å²) in [6, 6.07) is 15.6. The highest BCUT2D eigenvalue weighted by Crippen LogP contribution is 2.27. The summed E-state index contributed by atoms with van der Waals surface area (Å²) < 4.78 is 40.8. The van der Waals surface area contributed by atoms with Crippen molar-refractivity contribution in [1.82, 2.24) is 14.8 Å². The zero-order valence-electron chi connectivity index (χ0n) is 20.3. The maximum absolute atomic E-state index is 13.1. The van der Waals surface area contributed by atoms with Crippen LogP contribution in [0.15, 0.2) is 90.4 Å². The fourth-order valence-electron chi connectivity index (χ4n) is 3.57. The topological polar surface area (TPSA) is 107 Å². The summed E-state index contributed by atoms with van der Waals surface area (Å²) in [6.45, 7) is 4.69. The Bertz CT molecular complexity index is 1490. The van der Waals surface area contributed by atoms with E-state index >= 15 is 0 Å². The van der Waals surface area contributed by atoms with Crippen molar-refractivity contribution < 1.29 is 17.9 Å². The van der Waals surface area contributed by atoms with Gasteiger partial charge in [-0.15, -0.1) is 0 Å². The number of aromatic nitrogens is 3. The predicted molar refractivity (Wildman–Crippen MR) is 144 cm³/mol. The van der Waals surface area contributed by atoms with Gasteiger partial charge in [0.05, 0.1) is 38.8 Å². The summed E-state index contributed by atoms with van der Waals surface area (Å²) in [5.74, 6) is 0.773. The highest BCUT2D eigenvalue weighted by atomic mass is 35.5. The number of ether oxygens (including phenoxy) is 2. The highest BCUT2D eigenvalue weighted by Gasteiger charge is 2.22. The van der Waals surface area contributed by atoms with Crippen LogP contribution in [0.3, 0.4) is 0 Å². The molecule has 4 rings (SSSR count). The number of hydrogen-bond acceptors (Lipinski definition) is 7. The molecule has 11 heteroatoms. The summed E-state index contributed by atoms with van der Waals surface area (Å²) in [5, 5.41) is 8.04. The van der Waals surface area contributed by atoms with Crippen LogP contribution in [0.2, 0.25) is 5.02 Å². The van der Waals surface area contributed by atoms with Gasteiger partial charge in [0, 0.05) is 29.0 Å². The quantitative estimate of drug-likeness (QED) is 0.277. The van der Waals surface area contributed by atoms with Crippen LogP contribution in [-0.4, -0.2) is 37.4 Å². The van der Waals surface area contributed by atoms with E-state index in [0.717, 1.165) is 16.9 Å². The normalized spacial score (nSPS) is 11.1. The molecular formula is C26H26ClN5O4S. The van der Waals surface area contributed by atoms with Crippen LogP contribution in [0.25, 0.3) is 0 Å². The number of nitrogens with zero attached hydrogens (tertiary/aromatic N) is 3. The van der Waals surface area contributed by atoms with E-state index < -0.39 is 10.0 Å². The van der Waals surface area contributed by atoms with Crippen molar-refractivity contribution in [3.63, 3.8) is 0 Å². The number of anilines is 2. The molecule has 2 heterocycles. The van der Waals surface area contributed by atoms with Gasteiger partial charge in [-0.05, 0) is 53.6 Å². The van der Waals surface area contributed by atoms with Crippen LogP contribution in [-0.2, 0) is 23.0 Å². The average Bonchev–Trinajstić information content (AvgIpc) is 3.32. The second kappa shape index (κ2) is 11.4. The Morgan fingerprint density at radius 3 is 2.41 bits per heavy atom. The van der Waals surface area contributed by atoms with Gasteiger partial charge in [-0.25, -0.2) is 13.4 Å². The predicted octanol–water partition coefficient (Wildman–Crippen LogP) is 4.97. The Balaban J connectivity index is 1.43.